The Morgan fingerprint density at radius 1 is 1.26 bits per heavy atom. The van der Waals surface area contributed by atoms with Gasteiger partial charge < -0.3 is 20.3 Å². The van der Waals surface area contributed by atoms with Crippen LogP contribution in [0.3, 0.4) is 0 Å². The van der Waals surface area contributed by atoms with Crippen LogP contribution in [0.4, 0.5) is 0 Å². The minimum Gasteiger partial charge on any atom is -0.507 e. The van der Waals surface area contributed by atoms with E-state index >= 15 is 0 Å². The topological polar surface area (TPSA) is 111 Å². The molecule has 9 heteroatoms. The molecule has 1 heterocycles. The van der Waals surface area contributed by atoms with Gasteiger partial charge >= 0.3 is 0 Å². The van der Waals surface area contributed by atoms with Crippen LogP contribution in [0.1, 0.15) is 15.9 Å². The Morgan fingerprint density at radius 3 is 2.74 bits per heavy atom. The molecule has 0 atom stereocenters. The number of amides is 1. The van der Waals surface area contributed by atoms with E-state index in [1.807, 2.05) is 17.5 Å². The van der Waals surface area contributed by atoms with Crippen molar-refractivity contribution in [3.05, 3.63) is 70.4 Å². The van der Waals surface area contributed by atoms with E-state index in [-0.39, 0.29) is 11.3 Å². The summed E-state index contributed by atoms with van der Waals surface area (Å²) in [7, 11) is 3.16. The van der Waals surface area contributed by atoms with Crippen molar-refractivity contribution in [1.82, 2.24) is 4.68 Å². The molecule has 0 saturated carbocycles. The first-order chi connectivity index (χ1) is 15.0. The zero-order valence-electron chi connectivity index (χ0n) is 17.1. The molecule has 0 aliphatic carbocycles. The maximum Gasteiger partial charge on any atom is 0.252 e. The van der Waals surface area contributed by atoms with E-state index in [0.29, 0.717) is 34.1 Å². The first kappa shape index (κ1) is 21.8. The summed E-state index contributed by atoms with van der Waals surface area (Å²) >= 11 is 1.39. The lowest BCUT2D eigenvalue weighted by atomic mass is 10.1. The summed E-state index contributed by atoms with van der Waals surface area (Å²) < 4.78 is 12.3. The number of hydrogen-bond acceptors (Lipinski definition) is 7. The molecule has 0 spiro atoms. The lowest BCUT2D eigenvalue weighted by Crippen LogP contribution is -2.14. The highest BCUT2D eigenvalue weighted by atomic mass is 32.1. The molecule has 0 aliphatic rings. The van der Waals surface area contributed by atoms with E-state index in [0.717, 1.165) is 5.56 Å². The second-order valence-electron chi connectivity index (χ2n) is 6.29. The van der Waals surface area contributed by atoms with E-state index in [4.69, 9.17) is 15.2 Å². The van der Waals surface area contributed by atoms with Crippen molar-refractivity contribution in [2.45, 2.75) is 0 Å². The molecule has 3 aromatic rings. The van der Waals surface area contributed by atoms with Gasteiger partial charge in [-0.2, -0.15) is 5.10 Å². The van der Waals surface area contributed by atoms with Crippen molar-refractivity contribution in [3.63, 3.8) is 0 Å². The highest BCUT2D eigenvalue weighted by Gasteiger charge is 2.13. The minimum absolute atomic E-state index is 0.0284. The van der Waals surface area contributed by atoms with Gasteiger partial charge in [-0.1, -0.05) is 6.08 Å². The van der Waals surface area contributed by atoms with Crippen LogP contribution < -0.4 is 20.0 Å². The summed E-state index contributed by atoms with van der Waals surface area (Å²) in [5.41, 5.74) is 7.48. The van der Waals surface area contributed by atoms with E-state index in [1.165, 1.54) is 23.5 Å². The first-order valence-electron chi connectivity index (χ1n) is 9.20. The van der Waals surface area contributed by atoms with Crippen LogP contribution in [0.15, 0.2) is 64.5 Å². The van der Waals surface area contributed by atoms with Gasteiger partial charge in [0.25, 0.3) is 5.91 Å². The molecule has 160 valence electrons. The third-order valence-corrected chi connectivity index (χ3v) is 5.21. The molecule has 3 rings (SSSR count). The predicted molar refractivity (Wildman–Crippen MR) is 121 cm³/mol. The van der Waals surface area contributed by atoms with Crippen molar-refractivity contribution in [2.75, 3.05) is 20.8 Å². The standard InChI is InChI=1S/C22H22N4O4S/c1-4-9-24-22-26(25-12-15-5-7-16(29-2)11-20(15)30-3)18(13-31-22)14-6-8-19(27)17(10-14)21(23)28/h4-8,10-13,27H,1,9H2,2-3H3,(H2,23,28)/b24-22?,25-12+. The normalized spacial score (nSPS) is 11.6. The van der Waals surface area contributed by atoms with Gasteiger partial charge in [0.05, 0.1) is 38.2 Å². The molecule has 8 nitrogen and oxygen atoms in total. The fraction of sp³-hybridized carbons (Fsp3) is 0.136. The molecule has 31 heavy (non-hydrogen) atoms. The van der Waals surface area contributed by atoms with Gasteiger partial charge in [0, 0.05) is 22.6 Å². The van der Waals surface area contributed by atoms with Crippen molar-refractivity contribution >= 4 is 23.5 Å². The Labute approximate surface area is 183 Å². The van der Waals surface area contributed by atoms with Crippen LogP contribution in [0.5, 0.6) is 17.2 Å². The first-order valence-corrected chi connectivity index (χ1v) is 10.1. The summed E-state index contributed by atoms with van der Waals surface area (Å²) in [4.78, 5) is 16.8. The zero-order chi connectivity index (χ0) is 22.4. The highest BCUT2D eigenvalue weighted by molar-refractivity contribution is 7.07. The molecule has 0 bridgehead atoms. The number of carbonyl (C=O) groups excluding carboxylic acids is 1. The fourth-order valence-electron chi connectivity index (χ4n) is 2.80. The average molecular weight is 439 g/mol. The number of hydrogen-bond donors (Lipinski definition) is 2. The molecule has 1 amide bonds. The summed E-state index contributed by atoms with van der Waals surface area (Å²) in [5.74, 6) is 0.374. The molecule has 2 aromatic carbocycles. The molecule has 0 aliphatic heterocycles. The Balaban J connectivity index is 2.13. The quantitative estimate of drug-likeness (QED) is 0.416. The molecule has 0 fully saturated rings. The number of thiazole rings is 1. The van der Waals surface area contributed by atoms with Crippen molar-refractivity contribution < 1.29 is 19.4 Å². The average Bonchev–Trinajstić information content (AvgIpc) is 3.18. The zero-order valence-corrected chi connectivity index (χ0v) is 17.9. The molecular formula is C22H22N4O4S. The minimum atomic E-state index is -0.718. The number of nitrogens with zero attached hydrogens (tertiary/aromatic N) is 3. The number of aromatic nitrogens is 1. The maximum absolute atomic E-state index is 11.6. The second kappa shape index (κ2) is 9.77. The van der Waals surface area contributed by atoms with Gasteiger partial charge in [-0.3, -0.25) is 9.79 Å². The molecule has 0 radical (unpaired) electrons. The van der Waals surface area contributed by atoms with E-state index in [2.05, 4.69) is 16.7 Å². The van der Waals surface area contributed by atoms with Crippen LogP contribution >= 0.6 is 11.3 Å². The van der Waals surface area contributed by atoms with Crippen LogP contribution in [0, 0.1) is 0 Å². The molecule has 3 N–H and O–H groups in total. The fourth-order valence-corrected chi connectivity index (χ4v) is 3.65. The number of rotatable bonds is 8. The van der Waals surface area contributed by atoms with Gasteiger partial charge in [-0.05, 0) is 30.3 Å². The maximum atomic E-state index is 11.6. The number of benzene rings is 2. The third-order valence-electron chi connectivity index (χ3n) is 4.35. The second-order valence-corrected chi connectivity index (χ2v) is 7.13. The Morgan fingerprint density at radius 2 is 2.06 bits per heavy atom. The Hall–Kier alpha value is -3.85. The largest absolute Gasteiger partial charge is 0.507 e. The lowest BCUT2D eigenvalue weighted by Gasteiger charge is -2.08. The van der Waals surface area contributed by atoms with E-state index in [9.17, 15) is 9.90 Å². The summed E-state index contributed by atoms with van der Waals surface area (Å²) in [6.45, 7) is 4.12. The smallest absolute Gasteiger partial charge is 0.252 e. The summed E-state index contributed by atoms with van der Waals surface area (Å²) in [6.07, 6.45) is 3.34. The number of methoxy groups -OCH3 is 2. The summed E-state index contributed by atoms with van der Waals surface area (Å²) in [6, 6.07) is 10.0. The van der Waals surface area contributed by atoms with Crippen LogP contribution in [0.2, 0.25) is 0 Å². The van der Waals surface area contributed by atoms with E-state index < -0.39 is 5.91 Å². The number of nitrogens with two attached hydrogens (primary N) is 1. The lowest BCUT2D eigenvalue weighted by molar-refractivity contribution is 0.0998. The third kappa shape index (κ3) is 4.84. The monoisotopic (exact) mass is 438 g/mol. The van der Waals surface area contributed by atoms with Gasteiger partial charge in [0.15, 0.2) is 0 Å². The molecule has 1 aromatic heterocycles. The number of carbonyl (C=O) groups is 1. The van der Waals surface area contributed by atoms with Crippen molar-refractivity contribution in [1.29, 1.82) is 0 Å². The molecule has 0 unspecified atom stereocenters. The van der Waals surface area contributed by atoms with Gasteiger partial charge in [0.1, 0.15) is 17.2 Å². The van der Waals surface area contributed by atoms with Crippen molar-refractivity contribution in [3.8, 4) is 28.5 Å². The van der Waals surface area contributed by atoms with Crippen LogP contribution in [-0.2, 0) is 0 Å². The van der Waals surface area contributed by atoms with Crippen LogP contribution in [0.25, 0.3) is 11.3 Å². The van der Waals surface area contributed by atoms with Crippen LogP contribution in [-0.4, -0.2) is 42.7 Å². The summed E-state index contributed by atoms with van der Waals surface area (Å²) in [5, 5.41) is 16.4. The van der Waals surface area contributed by atoms with Gasteiger partial charge in [-0.25, -0.2) is 4.68 Å². The highest BCUT2D eigenvalue weighted by Crippen LogP contribution is 2.27. The van der Waals surface area contributed by atoms with Gasteiger partial charge in [-0.15, -0.1) is 17.9 Å². The Bertz CT molecular complexity index is 1210. The number of ether oxygens (including phenoxy) is 2. The Kier molecular flexibility index (Phi) is 6.88. The molecule has 0 saturated heterocycles. The molecular weight excluding hydrogens is 416 g/mol. The SMILES string of the molecule is C=CCN=c1scc(-c2ccc(O)c(C(N)=O)c2)n1/N=C/c1ccc(OC)cc1OC. The van der Waals surface area contributed by atoms with E-state index in [1.54, 1.807) is 43.3 Å². The number of primary amides is 1. The predicted octanol–water partition coefficient (Wildman–Crippen LogP) is 3.01. The number of aromatic hydroxyl groups is 1. The van der Waals surface area contributed by atoms with Crippen molar-refractivity contribution in [2.24, 2.45) is 15.8 Å². The number of phenols is 1. The van der Waals surface area contributed by atoms with Gasteiger partial charge in [0.2, 0.25) is 4.80 Å².